The van der Waals surface area contributed by atoms with Crippen molar-refractivity contribution in [3.05, 3.63) is 0 Å². The van der Waals surface area contributed by atoms with Gasteiger partial charge in [0.15, 0.2) is 0 Å². The molecule has 1 rings (SSSR count). The lowest BCUT2D eigenvalue weighted by atomic mass is 10.1. The molecule has 0 spiro atoms. The Bertz CT molecular complexity index is 292. The highest BCUT2D eigenvalue weighted by Gasteiger charge is 2.08. The lowest BCUT2D eigenvalue weighted by Gasteiger charge is -2.01. The summed E-state index contributed by atoms with van der Waals surface area (Å²) in [5.74, 6) is -0.846. The van der Waals surface area contributed by atoms with Crippen LogP contribution in [-0.2, 0) is 9.59 Å². The molecule has 1 aliphatic carbocycles. The number of carboxylic acid groups (broad SMARTS) is 1. The summed E-state index contributed by atoms with van der Waals surface area (Å²) in [5.41, 5.74) is 3.64. The van der Waals surface area contributed by atoms with Crippen LogP contribution in [0, 0.1) is 0 Å². The Hall–Kier alpha value is -1.39. The van der Waals surface area contributed by atoms with Crippen molar-refractivity contribution in [1.29, 1.82) is 0 Å². The lowest BCUT2D eigenvalue weighted by molar-refractivity contribution is -0.137. The second-order valence-corrected chi connectivity index (χ2v) is 4.37. The number of carboxylic acids is 1. The van der Waals surface area contributed by atoms with E-state index < -0.39 is 5.97 Å². The van der Waals surface area contributed by atoms with Crippen LogP contribution in [0.2, 0.25) is 0 Å². The van der Waals surface area contributed by atoms with Crippen LogP contribution in [0.5, 0.6) is 0 Å². The molecule has 5 heteroatoms. The zero-order chi connectivity index (χ0) is 12.5. The first kappa shape index (κ1) is 13.7. The molecule has 0 aromatic rings. The van der Waals surface area contributed by atoms with Gasteiger partial charge in [-0.1, -0.05) is 6.42 Å². The molecule has 1 saturated carbocycles. The molecule has 0 atom stereocenters. The molecule has 2 N–H and O–H groups in total. The summed E-state index contributed by atoms with van der Waals surface area (Å²) < 4.78 is 0. The third-order valence-electron chi connectivity index (χ3n) is 2.81. The van der Waals surface area contributed by atoms with Crippen LogP contribution < -0.4 is 5.43 Å². The van der Waals surface area contributed by atoms with Crippen LogP contribution in [0.3, 0.4) is 0 Å². The Morgan fingerprint density at radius 3 is 2.41 bits per heavy atom. The molecular weight excluding hydrogens is 220 g/mol. The van der Waals surface area contributed by atoms with Gasteiger partial charge in [0.2, 0.25) is 5.91 Å². The summed E-state index contributed by atoms with van der Waals surface area (Å²) in [6.07, 6.45) is 7.09. The Morgan fingerprint density at radius 2 is 1.76 bits per heavy atom. The first-order valence-electron chi connectivity index (χ1n) is 6.24. The van der Waals surface area contributed by atoms with Crippen molar-refractivity contribution in [2.24, 2.45) is 5.10 Å². The topological polar surface area (TPSA) is 78.8 Å². The number of amides is 1. The first-order valence-corrected chi connectivity index (χ1v) is 6.24. The number of carbonyl (C=O) groups is 2. The normalized spacial score (nSPS) is 14.7. The maximum Gasteiger partial charge on any atom is 0.303 e. The quantitative estimate of drug-likeness (QED) is 0.528. The summed E-state index contributed by atoms with van der Waals surface area (Å²) in [4.78, 5) is 21.6. The molecule has 5 nitrogen and oxygen atoms in total. The largest absolute Gasteiger partial charge is 0.481 e. The number of nitrogens with zero attached hydrogens (tertiary/aromatic N) is 1. The lowest BCUT2D eigenvalue weighted by Crippen LogP contribution is -2.18. The van der Waals surface area contributed by atoms with E-state index in [1.54, 1.807) is 0 Å². The molecule has 0 radical (unpaired) electrons. The number of hydrogen-bond donors (Lipinski definition) is 2. The molecule has 0 bridgehead atoms. The van der Waals surface area contributed by atoms with Crippen LogP contribution in [0.15, 0.2) is 5.10 Å². The summed E-state index contributed by atoms with van der Waals surface area (Å²) in [5, 5.41) is 12.5. The minimum Gasteiger partial charge on any atom is -0.481 e. The van der Waals surface area contributed by atoms with E-state index in [4.69, 9.17) is 5.11 Å². The molecule has 1 fully saturated rings. The van der Waals surface area contributed by atoms with Gasteiger partial charge in [0.25, 0.3) is 0 Å². The van der Waals surface area contributed by atoms with Gasteiger partial charge in [-0.25, -0.2) is 5.43 Å². The fourth-order valence-corrected chi connectivity index (χ4v) is 1.83. The van der Waals surface area contributed by atoms with E-state index >= 15 is 0 Å². The van der Waals surface area contributed by atoms with E-state index in [1.165, 1.54) is 12.8 Å². The van der Waals surface area contributed by atoms with Gasteiger partial charge < -0.3 is 5.11 Å². The first-order chi connectivity index (χ1) is 8.18. The van der Waals surface area contributed by atoms with Crippen molar-refractivity contribution >= 4 is 17.6 Å². The number of nitrogens with one attached hydrogen (secondary N) is 1. The van der Waals surface area contributed by atoms with Crippen LogP contribution >= 0.6 is 0 Å². The average molecular weight is 240 g/mol. The van der Waals surface area contributed by atoms with Crippen LogP contribution in [0.25, 0.3) is 0 Å². The molecule has 0 heterocycles. The van der Waals surface area contributed by atoms with E-state index in [0.717, 1.165) is 31.4 Å². The number of aliphatic carboxylic acids is 1. The number of hydrogen-bond acceptors (Lipinski definition) is 3. The van der Waals surface area contributed by atoms with E-state index in [9.17, 15) is 9.59 Å². The fourth-order valence-electron chi connectivity index (χ4n) is 1.83. The molecule has 17 heavy (non-hydrogen) atoms. The maximum atomic E-state index is 11.4. The standard InChI is InChI=1S/C12H20N2O3/c15-11(8-2-1-3-9-12(16)17)14-13-10-6-4-5-7-10/h1-9H2,(H,14,15)(H,16,17). The smallest absolute Gasteiger partial charge is 0.303 e. The average Bonchev–Trinajstić information content (AvgIpc) is 2.78. The second kappa shape index (κ2) is 7.81. The summed E-state index contributed by atoms with van der Waals surface area (Å²) in [6.45, 7) is 0. The van der Waals surface area contributed by atoms with Crippen LogP contribution in [0.4, 0.5) is 0 Å². The van der Waals surface area contributed by atoms with Crippen molar-refractivity contribution < 1.29 is 14.7 Å². The Balaban J connectivity index is 2.01. The highest BCUT2D eigenvalue weighted by molar-refractivity contribution is 5.87. The van der Waals surface area contributed by atoms with Crippen molar-refractivity contribution in [2.75, 3.05) is 0 Å². The van der Waals surface area contributed by atoms with Crippen molar-refractivity contribution in [1.82, 2.24) is 5.43 Å². The van der Waals surface area contributed by atoms with Gasteiger partial charge in [-0.2, -0.15) is 5.10 Å². The predicted molar refractivity (Wildman–Crippen MR) is 64.8 cm³/mol. The van der Waals surface area contributed by atoms with Gasteiger partial charge in [-0.15, -0.1) is 0 Å². The Kier molecular flexibility index (Phi) is 6.29. The van der Waals surface area contributed by atoms with Gasteiger partial charge in [-0.3, -0.25) is 9.59 Å². The molecular formula is C12H20N2O3. The monoisotopic (exact) mass is 240 g/mol. The third-order valence-corrected chi connectivity index (χ3v) is 2.81. The number of unbranched alkanes of at least 4 members (excludes halogenated alkanes) is 2. The van der Waals surface area contributed by atoms with Gasteiger partial charge in [-0.05, 0) is 38.5 Å². The molecule has 96 valence electrons. The minimum absolute atomic E-state index is 0.0697. The second-order valence-electron chi connectivity index (χ2n) is 4.37. The predicted octanol–water partition coefficient (Wildman–Crippen LogP) is 2.07. The van der Waals surface area contributed by atoms with Crippen molar-refractivity contribution in [3.8, 4) is 0 Å². The highest BCUT2D eigenvalue weighted by atomic mass is 16.4. The van der Waals surface area contributed by atoms with Crippen molar-refractivity contribution in [3.63, 3.8) is 0 Å². The van der Waals surface area contributed by atoms with Crippen molar-refractivity contribution in [2.45, 2.75) is 57.8 Å². The Morgan fingerprint density at radius 1 is 1.12 bits per heavy atom. The summed E-state index contributed by atoms with van der Waals surface area (Å²) >= 11 is 0. The molecule has 1 aliphatic rings. The van der Waals surface area contributed by atoms with Gasteiger partial charge in [0, 0.05) is 18.6 Å². The molecule has 0 aromatic carbocycles. The zero-order valence-corrected chi connectivity index (χ0v) is 10.1. The fraction of sp³-hybridized carbons (Fsp3) is 0.750. The zero-order valence-electron chi connectivity index (χ0n) is 10.1. The van der Waals surface area contributed by atoms with E-state index in [1.807, 2.05) is 0 Å². The molecule has 0 aromatic heterocycles. The van der Waals surface area contributed by atoms with Gasteiger partial charge in [0.1, 0.15) is 0 Å². The number of rotatable bonds is 7. The molecule has 1 amide bonds. The number of carbonyl (C=O) groups excluding carboxylic acids is 1. The summed E-state index contributed by atoms with van der Waals surface area (Å²) in [6, 6.07) is 0. The van der Waals surface area contributed by atoms with E-state index in [-0.39, 0.29) is 12.3 Å². The third kappa shape index (κ3) is 6.71. The van der Waals surface area contributed by atoms with E-state index in [0.29, 0.717) is 12.8 Å². The summed E-state index contributed by atoms with van der Waals surface area (Å²) in [7, 11) is 0. The highest BCUT2D eigenvalue weighted by Crippen LogP contribution is 2.13. The molecule has 0 saturated heterocycles. The molecule has 0 aliphatic heterocycles. The minimum atomic E-state index is -0.776. The number of hydrazone groups is 1. The van der Waals surface area contributed by atoms with Gasteiger partial charge >= 0.3 is 5.97 Å². The SMILES string of the molecule is O=C(O)CCCCCC(=O)NN=C1CCCC1. The van der Waals surface area contributed by atoms with E-state index in [2.05, 4.69) is 10.5 Å². The van der Waals surface area contributed by atoms with Crippen LogP contribution in [0.1, 0.15) is 57.8 Å². The van der Waals surface area contributed by atoms with Gasteiger partial charge in [0.05, 0.1) is 0 Å². The maximum absolute atomic E-state index is 11.4. The molecule has 0 unspecified atom stereocenters. The Labute approximate surface area is 101 Å². The van der Waals surface area contributed by atoms with Crippen LogP contribution in [-0.4, -0.2) is 22.7 Å².